The maximum Gasteiger partial charge on any atom is 0.334 e. The van der Waals surface area contributed by atoms with Gasteiger partial charge in [-0.1, -0.05) is 39.0 Å². The Hall–Kier alpha value is -1.64. The number of para-hydroxylation sites is 1. The van der Waals surface area contributed by atoms with Gasteiger partial charge in [0.05, 0.1) is 6.10 Å². The van der Waals surface area contributed by atoms with Crippen molar-refractivity contribution in [1.82, 2.24) is 0 Å². The fraction of sp³-hybridized carbons (Fsp3) is 0.667. The Bertz CT molecular complexity index is 1170. The molecule has 0 amide bonds. The quantitative estimate of drug-likeness (QED) is 0.428. The molecule has 9 atom stereocenters. The van der Waals surface area contributed by atoms with E-state index in [9.17, 15) is 9.90 Å². The van der Waals surface area contributed by atoms with E-state index in [0.717, 1.165) is 29.7 Å². The Balaban J connectivity index is 0.00000210. The van der Waals surface area contributed by atoms with E-state index < -0.39 is 22.4 Å². The maximum absolute atomic E-state index is 12.8. The summed E-state index contributed by atoms with van der Waals surface area (Å²) in [6, 6.07) is 9.99. The van der Waals surface area contributed by atoms with Crippen molar-refractivity contribution < 1.29 is 41.3 Å². The number of cyclic esters (lactones) is 1. The number of hydrogen-bond acceptors (Lipinski definition) is 7. The molecule has 2 saturated carbocycles. The highest BCUT2D eigenvalue weighted by Gasteiger charge is 3.04. The molecule has 188 valence electrons. The molecule has 0 aromatic heterocycles. The topological polar surface area (TPSA) is 96.2 Å². The lowest BCUT2D eigenvalue weighted by Crippen LogP contribution is -3.00. The molecule has 3 aliphatic carbocycles. The maximum atomic E-state index is 12.8. The van der Waals surface area contributed by atoms with Crippen molar-refractivity contribution >= 4 is 11.7 Å². The Morgan fingerprint density at radius 2 is 1.89 bits per heavy atom. The van der Waals surface area contributed by atoms with E-state index in [2.05, 4.69) is 26.1 Å². The predicted octanol–water partition coefficient (Wildman–Crippen LogP) is -0.411. The molecule has 2 N–H and O–H groups in total. The first-order chi connectivity index (χ1) is 16.3. The van der Waals surface area contributed by atoms with Crippen LogP contribution in [0.15, 0.2) is 41.5 Å². The number of hydrogen-bond donors (Lipinski definition) is 2. The van der Waals surface area contributed by atoms with E-state index in [0.29, 0.717) is 19.6 Å². The van der Waals surface area contributed by atoms with Crippen LogP contribution in [0, 0.1) is 17.3 Å². The summed E-state index contributed by atoms with van der Waals surface area (Å²) in [6.07, 6.45) is 1.91. The van der Waals surface area contributed by atoms with E-state index in [1.807, 2.05) is 30.3 Å². The number of halogens is 1. The number of rotatable bonds is 4. The summed E-state index contributed by atoms with van der Waals surface area (Å²) < 4.78 is 25.4. The molecule has 1 aromatic rings. The summed E-state index contributed by atoms with van der Waals surface area (Å²) >= 11 is 0. The van der Waals surface area contributed by atoms with Crippen LogP contribution in [0.4, 0.5) is 5.69 Å². The normalized spacial score (nSPS) is 51.5. The molecule has 7 aliphatic rings. The fourth-order valence-electron chi connectivity index (χ4n) is 9.14. The molecular formula is C27H31ClNO6-. The van der Waals surface area contributed by atoms with Gasteiger partial charge in [-0.3, -0.25) is 0 Å². The van der Waals surface area contributed by atoms with Crippen molar-refractivity contribution in [3.63, 3.8) is 0 Å². The molecule has 3 saturated heterocycles. The number of ether oxygens (including phenoxy) is 4. The molecule has 2 spiro atoms. The van der Waals surface area contributed by atoms with Crippen LogP contribution in [0.5, 0.6) is 0 Å². The molecule has 35 heavy (non-hydrogen) atoms. The molecule has 8 heteroatoms. The summed E-state index contributed by atoms with van der Waals surface area (Å²) in [7, 11) is 0. The lowest BCUT2D eigenvalue weighted by Gasteiger charge is -2.56. The minimum atomic E-state index is -1.25. The van der Waals surface area contributed by atoms with E-state index in [1.165, 1.54) is 0 Å². The molecule has 1 aromatic carbocycles. The van der Waals surface area contributed by atoms with Crippen LogP contribution >= 0.6 is 0 Å². The number of carbonyl (C=O) groups excluding carboxylic acids is 1. The molecule has 0 bridgehead atoms. The van der Waals surface area contributed by atoms with Gasteiger partial charge in [-0.15, -0.1) is 0 Å². The van der Waals surface area contributed by atoms with Crippen LogP contribution in [-0.2, 0) is 23.7 Å². The van der Waals surface area contributed by atoms with Crippen LogP contribution in [0.2, 0.25) is 0 Å². The second kappa shape index (κ2) is 6.43. The van der Waals surface area contributed by atoms with Crippen molar-refractivity contribution in [2.75, 3.05) is 18.5 Å². The molecule has 0 unspecified atom stereocenters. The second-order valence-corrected chi connectivity index (χ2v) is 12.0. The number of benzene rings is 1. The average Bonchev–Trinajstić information content (AvgIpc) is 3.72. The minimum absolute atomic E-state index is 0. The molecule has 4 heterocycles. The number of epoxide rings is 3. The second-order valence-electron chi connectivity index (χ2n) is 12.0. The number of esters is 1. The summed E-state index contributed by atoms with van der Waals surface area (Å²) in [5, 5.41) is 16.3. The fourth-order valence-corrected chi connectivity index (χ4v) is 9.14. The average molecular weight is 501 g/mol. The molecular weight excluding hydrogens is 470 g/mol. The number of aliphatic hydroxyl groups is 1. The Morgan fingerprint density at radius 3 is 2.63 bits per heavy atom. The minimum Gasteiger partial charge on any atom is -1.00 e. The van der Waals surface area contributed by atoms with Gasteiger partial charge in [-0.2, -0.15) is 0 Å². The summed E-state index contributed by atoms with van der Waals surface area (Å²) in [4.78, 5) is 12.3. The molecule has 5 fully saturated rings. The predicted molar refractivity (Wildman–Crippen MR) is 121 cm³/mol. The van der Waals surface area contributed by atoms with E-state index in [4.69, 9.17) is 18.9 Å². The highest BCUT2D eigenvalue weighted by molar-refractivity contribution is 5.92. The third-order valence-corrected chi connectivity index (χ3v) is 10.7. The van der Waals surface area contributed by atoms with Crippen molar-refractivity contribution in [2.24, 2.45) is 17.3 Å². The summed E-state index contributed by atoms with van der Waals surface area (Å²) in [6.45, 7) is 7.26. The van der Waals surface area contributed by atoms with Gasteiger partial charge in [-0.05, 0) is 48.8 Å². The first-order valence-electron chi connectivity index (χ1n) is 12.7. The van der Waals surface area contributed by atoms with Crippen LogP contribution in [0.1, 0.15) is 40.0 Å². The molecule has 4 aliphatic heterocycles. The number of nitrogens with one attached hydrogen (secondary N) is 1. The van der Waals surface area contributed by atoms with Crippen molar-refractivity contribution in [1.29, 1.82) is 0 Å². The zero-order valence-electron chi connectivity index (χ0n) is 20.2. The molecule has 7 nitrogen and oxygen atoms in total. The van der Waals surface area contributed by atoms with E-state index >= 15 is 0 Å². The highest BCUT2D eigenvalue weighted by Crippen LogP contribution is 2.85. The van der Waals surface area contributed by atoms with Gasteiger partial charge < -0.3 is 41.8 Å². The Kier molecular flexibility index (Phi) is 4.14. The first-order valence-corrected chi connectivity index (χ1v) is 12.7. The third-order valence-electron chi connectivity index (χ3n) is 10.7. The van der Waals surface area contributed by atoms with Crippen molar-refractivity contribution in [3.8, 4) is 0 Å². The van der Waals surface area contributed by atoms with Crippen LogP contribution in [-0.4, -0.2) is 64.9 Å². The largest absolute Gasteiger partial charge is 1.00 e. The Morgan fingerprint density at radius 1 is 1.11 bits per heavy atom. The zero-order chi connectivity index (χ0) is 23.3. The van der Waals surface area contributed by atoms with Crippen LogP contribution in [0.25, 0.3) is 0 Å². The SMILES string of the molecule is CC(C)[C@]12O[C@H]1[C@@H]1O[C@]13[C@]1(O[C@H]1C[C@H]1C4=C(CC[C@@]13C)C(=O)OC4)[C@]2(O)CNc1ccccc1.[Cl-]. The monoisotopic (exact) mass is 500 g/mol. The number of fused-ring (bicyclic) bond motifs is 4. The van der Waals surface area contributed by atoms with E-state index in [1.54, 1.807) is 0 Å². The van der Waals surface area contributed by atoms with Gasteiger partial charge in [0.1, 0.15) is 35.6 Å². The van der Waals surface area contributed by atoms with Crippen molar-refractivity contribution in [3.05, 3.63) is 41.5 Å². The first kappa shape index (κ1) is 22.5. The van der Waals surface area contributed by atoms with Crippen LogP contribution < -0.4 is 17.7 Å². The molecule has 0 radical (unpaired) electrons. The van der Waals surface area contributed by atoms with E-state index in [-0.39, 0.29) is 53.9 Å². The van der Waals surface area contributed by atoms with Gasteiger partial charge in [0.25, 0.3) is 0 Å². The number of anilines is 1. The van der Waals surface area contributed by atoms with Gasteiger partial charge in [0, 0.05) is 23.2 Å². The lowest BCUT2D eigenvalue weighted by molar-refractivity contribution is -0.159. The smallest absolute Gasteiger partial charge is 0.334 e. The highest BCUT2D eigenvalue weighted by atomic mass is 35.5. The van der Waals surface area contributed by atoms with Gasteiger partial charge in [0.2, 0.25) is 0 Å². The number of carbonyl (C=O) groups is 1. The zero-order valence-corrected chi connectivity index (χ0v) is 20.9. The Labute approximate surface area is 210 Å². The molecule has 8 rings (SSSR count). The standard InChI is InChI=1S/C27H31NO6.ClH/c1-14(2)25-20(33-25)21-27(34-21)23(3)10-9-16-17(12-31-22(16)29)18(23)11-19-26(27,32-19)24(25,30)13-28-15-7-5-4-6-8-15;/h4-8,14,18-21,28,30H,9-13H2,1-3H3;1H/p-1/t18-,19-,20-,21-,23-,24-,25-,26+,27+;/m0./s1. The van der Waals surface area contributed by atoms with Gasteiger partial charge in [-0.25, -0.2) is 4.79 Å². The van der Waals surface area contributed by atoms with Crippen LogP contribution in [0.3, 0.4) is 0 Å². The van der Waals surface area contributed by atoms with Gasteiger partial charge >= 0.3 is 5.97 Å². The van der Waals surface area contributed by atoms with Gasteiger partial charge in [0.15, 0.2) is 5.60 Å². The summed E-state index contributed by atoms with van der Waals surface area (Å²) in [5.41, 5.74) is -0.703. The summed E-state index contributed by atoms with van der Waals surface area (Å²) in [5.74, 6) is 0.103. The lowest BCUT2D eigenvalue weighted by atomic mass is 9.44. The van der Waals surface area contributed by atoms with Crippen molar-refractivity contribution in [2.45, 2.75) is 80.7 Å². The third kappa shape index (κ3) is 2.13.